The number of aromatic nitrogens is 1. The zero-order valence-corrected chi connectivity index (χ0v) is 47.9. The molecule has 0 radical (unpaired) electrons. The monoisotopic (exact) mass is 1160 g/mol. The van der Waals surface area contributed by atoms with Gasteiger partial charge in [0.25, 0.3) is 11.8 Å². The second-order valence-corrected chi connectivity index (χ2v) is 22.4. The van der Waals surface area contributed by atoms with Crippen LogP contribution in [0.15, 0.2) is 77.9 Å². The van der Waals surface area contributed by atoms with Gasteiger partial charge in [-0.05, 0) is 115 Å². The first-order valence-corrected chi connectivity index (χ1v) is 29.1. The van der Waals surface area contributed by atoms with Crippen LogP contribution in [0.4, 0.5) is 20.3 Å². The van der Waals surface area contributed by atoms with Crippen molar-refractivity contribution in [2.24, 2.45) is 16.8 Å². The number of nitrogen functional groups attached to an aromatic ring is 1. The molecule has 434 valence electrons. The number of nitrogens with one attached hydrogen (secondary N) is 2. The van der Waals surface area contributed by atoms with Gasteiger partial charge in [0.2, 0.25) is 11.8 Å². The normalized spacial score (nSPS) is 19.0. The number of anilines is 2. The van der Waals surface area contributed by atoms with Crippen LogP contribution < -0.4 is 21.1 Å². The lowest BCUT2D eigenvalue weighted by Crippen LogP contribution is -2.50. The molecule has 3 fully saturated rings. The van der Waals surface area contributed by atoms with Gasteiger partial charge < -0.3 is 50.2 Å². The lowest BCUT2D eigenvalue weighted by atomic mass is 9.79. The molecule has 5 atom stereocenters. The number of pyridine rings is 1. The van der Waals surface area contributed by atoms with E-state index in [1.807, 2.05) is 43.0 Å². The lowest BCUT2D eigenvalue weighted by molar-refractivity contribution is -0.141. The van der Waals surface area contributed by atoms with Crippen molar-refractivity contribution in [1.82, 2.24) is 29.9 Å². The number of piperazine rings is 1. The summed E-state index contributed by atoms with van der Waals surface area (Å²) in [5, 5.41) is 6.35. The Morgan fingerprint density at radius 3 is 2.21 bits per heavy atom. The van der Waals surface area contributed by atoms with E-state index in [9.17, 15) is 37.5 Å². The Kier molecular flexibility index (Phi) is 21.4. The van der Waals surface area contributed by atoms with E-state index in [0.29, 0.717) is 75.1 Å². The summed E-state index contributed by atoms with van der Waals surface area (Å²) in [6.45, 7) is 11.0. The average molecular weight is 1160 g/mol. The number of likely N-dealkylation sites (tertiary alicyclic amines) is 2. The summed E-state index contributed by atoms with van der Waals surface area (Å²) >= 11 is 7.41. The second-order valence-electron chi connectivity index (χ2n) is 21.0. The molecule has 0 saturated carbocycles. The number of aryl methyl sites for hydroxylation is 1. The fraction of sp³-hybridized carbons (Fsp3) is 0.492. The van der Waals surface area contributed by atoms with Gasteiger partial charge in [-0.15, -0.1) is 11.8 Å². The van der Waals surface area contributed by atoms with Gasteiger partial charge in [0.1, 0.15) is 23.7 Å². The number of aliphatic imine (C=N–C) groups is 1. The average Bonchev–Trinajstić information content (AvgIpc) is 4.25. The number of carbonyl (C=O) groups is 6. The van der Waals surface area contributed by atoms with Gasteiger partial charge in [0.15, 0.2) is 23.2 Å². The minimum Gasteiger partial charge on any atom is -0.482 e. The summed E-state index contributed by atoms with van der Waals surface area (Å²) in [6.07, 6.45) is 3.66. The first-order chi connectivity index (χ1) is 39.0. The van der Waals surface area contributed by atoms with Crippen LogP contribution in [0.1, 0.15) is 101 Å². The van der Waals surface area contributed by atoms with Crippen molar-refractivity contribution in [3.05, 3.63) is 117 Å². The third-order valence-corrected chi connectivity index (χ3v) is 17.1. The molecule has 4 aliphatic heterocycles. The van der Waals surface area contributed by atoms with Gasteiger partial charge in [0.05, 0.1) is 66.1 Å². The molecule has 3 aromatic carbocycles. The number of ether oxygens (including phenoxy) is 3. The summed E-state index contributed by atoms with van der Waals surface area (Å²) < 4.78 is 46.4. The van der Waals surface area contributed by atoms with E-state index in [4.69, 9.17) is 36.5 Å². The number of halogens is 3. The molecule has 4 amide bonds. The number of thioether (sulfide) groups is 1. The first-order valence-electron chi connectivity index (χ1n) is 27.7. The summed E-state index contributed by atoms with van der Waals surface area (Å²) in [5.41, 5.74) is 8.14. The highest BCUT2D eigenvalue weighted by Gasteiger charge is 2.43. The largest absolute Gasteiger partial charge is 0.482 e. The molecule has 4 N–H and O–H groups in total. The van der Waals surface area contributed by atoms with E-state index in [0.717, 1.165) is 68.1 Å². The van der Waals surface area contributed by atoms with E-state index < -0.39 is 41.2 Å². The molecule has 4 aliphatic rings. The predicted octanol–water partition coefficient (Wildman–Crippen LogP) is 7.29. The fourth-order valence-corrected chi connectivity index (χ4v) is 12.0. The Labute approximate surface area is 480 Å². The molecule has 18 nitrogen and oxygen atoms in total. The molecule has 81 heavy (non-hydrogen) atoms. The number of nitrogens with zero attached hydrogens (tertiary/aromatic N) is 6. The number of nitrogens with two attached hydrogens (primary N) is 1. The molecular weight excluding hydrogens is 1080 g/mol. The van der Waals surface area contributed by atoms with Crippen molar-refractivity contribution in [3.63, 3.8) is 0 Å². The van der Waals surface area contributed by atoms with Crippen LogP contribution in [0.5, 0.6) is 5.75 Å². The molecule has 5 heterocycles. The molecule has 0 aliphatic carbocycles. The lowest BCUT2D eigenvalue weighted by Gasteiger charge is -2.38. The van der Waals surface area contributed by atoms with E-state index in [1.165, 1.54) is 19.2 Å². The van der Waals surface area contributed by atoms with Crippen LogP contribution in [0, 0.1) is 30.4 Å². The van der Waals surface area contributed by atoms with Crippen LogP contribution in [-0.2, 0) is 23.9 Å². The van der Waals surface area contributed by atoms with Crippen molar-refractivity contribution in [3.8, 4) is 5.75 Å². The fourth-order valence-electron chi connectivity index (χ4n) is 10.6. The SMILES string of the molecule is CN[C@H](C)C(=O)C[C@@H](C(=O)N1CCC[C@@H]1C1=NC(C(=O)c2ccc(C)cc2)CS1)C1CCN(CCOCCOCCC(=O)N2CCN(C(=O)c3ccc(NC(=O)c4cnc(N)c(O[C@H](C)c5c(F)ccc(Cl)c5F)c4)cc3)CC2)CC1. The molecule has 22 heteroatoms. The van der Waals surface area contributed by atoms with Gasteiger partial charge in [-0.1, -0.05) is 41.4 Å². The van der Waals surface area contributed by atoms with E-state index in [-0.39, 0.29) is 88.9 Å². The zero-order valence-electron chi connectivity index (χ0n) is 46.3. The number of amides is 4. The number of benzene rings is 3. The third kappa shape index (κ3) is 15.6. The van der Waals surface area contributed by atoms with Gasteiger partial charge >= 0.3 is 0 Å². The molecular formula is C59H72ClF2N9O9S. The van der Waals surface area contributed by atoms with Gasteiger partial charge in [-0.3, -0.25) is 33.8 Å². The maximum atomic E-state index is 14.6. The quantitative estimate of drug-likeness (QED) is 0.0357. The van der Waals surface area contributed by atoms with Crippen LogP contribution in [0.25, 0.3) is 0 Å². The minimum absolute atomic E-state index is 0.00262. The molecule has 3 saturated heterocycles. The molecule has 1 unspecified atom stereocenters. The predicted molar refractivity (Wildman–Crippen MR) is 307 cm³/mol. The van der Waals surface area contributed by atoms with Crippen molar-refractivity contribution in [2.75, 3.05) is 103 Å². The highest BCUT2D eigenvalue weighted by molar-refractivity contribution is 8.14. The summed E-state index contributed by atoms with van der Waals surface area (Å²) in [4.78, 5) is 97.4. The minimum atomic E-state index is -1.16. The van der Waals surface area contributed by atoms with Gasteiger partial charge in [-0.2, -0.15) is 0 Å². The maximum Gasteiger partial charge on any atom is 0.257 e. The third-order valence-electron chi connectivity index (χ3n) is 15.6. The first kappa shape index (κ1) is 60.7. The number of carbonyl (C=O) groups excluding carboxylic acids is 6. The Hall–Kier alpha value is -6.36. The van der Waals surface area contributed by atoms with Crippen molar-refractivity contribution in [2.45, 2.75) is 83.5 Å². The summed E-state index contributed by atoms with van der Waals surface area (Å²) in [6, 6.07) is 16.3. The summed E-state index contributed by atoms with van der Waals surface area (Å²) in [5.74, 6) is -2.62. The maximum absolute atomic E-state index is 14.6. The number of rotatable bonds is 24. The van der Waals surface area contributed by atoms with Crippen LogP contribution in [-0.4, -0.2) is 175 Å². The molecule has 8 rings (SSSR count). The molecule has 1 aromatic heterocycles. The van der Waals surface area contributed by atoms with Crippen molar-refractivity contribution >= 4 is 75.1 Å². The smallest absolute Gasteiger partial charge is 0.257 e. The van der Waals surface area contributed by atoms with E-state index in [2.05, 4.69) is 20.5 Å². The zero-order chi connectivity index (χ0) is 57.7. The highest BCUT2D eigenvalue weighted by atomic mass is 35.5. The molecule has 4 aromatic rings. The number of ketones is 2. The van der Waals surface area contributed by atoms with Crippen molar-refractivity contribution < 1.29 is 51.8 Å². The van der Waals surface area contributed by atoms with Crippen LogP contribution in [0.3, 0.4) is 0 Å². The number of hydrogen-bond acceptors (Lipinski definition) is 15. The highest BCUT2D eigenvalue weighted by Crippen LogP contribution is 2.36. The van der Waals surface area contributed by atoms with Crippen molar-refractivity contribution in [1.29, 1.82) is 0 Å². The standard InChI is InChI=1S/C59H72ClF2N9O9S/c1-36-7-9-40(10-8-36)54(74)47-35-81-57(67-47)48-6-5-20-71(48)59(77)44(33-49(72)37(2)64-4)39-17-21-68(22-18-39)27-29-79-31-30-78-28-19-51(73)69-23-25-70(26-24-69)58(76)41-11-13-43(14-12-41)66-56(75)42-32-50(55(63)65-34-42)80-38(3)52-46(61)16-15-45(60)53(52)62/h7-16,32,34,37-39,44,47-48,64H,5-6,17-31,33,35H2,1-4H3,(H2,63,65)(H,66,75)/t37-,38-,44-,47?,48-/m1/s1. The van der Waals surface area contributed by atoms with Gasteiger partial charge in [-0.25, -0.2) is 13.8 Å². The second kappa shape index (κ2) is 28.6. The van der Waals surface area contributed by atoms with Crippen LogP contribution >= 0.6 is 23.4 Å². The Morgan fingerprint density at radius 1 is 0.827 bits per heavy atom. The van der Waals surface area contributed by atoms with Gasteiger partial charge in [0, 0.05) is 80.4 Å². The molecule has 0 spiro atoms. The summed E-state index contributed by atoms with van der Waals surface area (Å²) in [7, 11) is 1.76. The number of hydrogen-bond donors (Lipinski definition) is 3. The number of piperidine rings is 1. The van der Waals surface area contributed by atoms with E-state index >= 15 is 0 Å². The topological polar surface area (TPSA) is 218 Å². The van der Waals surface area contributed by atoms with E-state index in [1.54, 1.807) is 52.9 Å². The Morgan fingerprint density at radius 2 is 1.51 bits per heavy atom. The number of Topliss-reactive ketones (excluding diaryl/α,β-unsaturated/α-hetero) is 2. The Balaban J connectivity index is 0.702. The number of likely N-dealkylation sites (N-methyl/N-ethyl adjacent to an activating group) is 1. The Bertz CT molecular complexity index is 2920. The van der Waals surface area contributed by atoms with Crippen LogP contribution in [0.2, 0.25) is 5.02 Å². The molecule has 0 bridgehead atoms.